The SMILES string of the molecule is Cn1ccc(CCNC(=O)C2(c3ccc(N)cc3)CC2)n1. The molecule has 0 atom stereocenters. The zero-order chi connectivity index (χ0) is 14.9. The number of carbonyl (C=O) groups is 1. The summed E-state index contributed by atoms with van der Waals surface area (Å²) in [6.07, 6.45) is 4.48. The van der Waals surface area contributed by atoms with E-state index in [1.54, 1.807) is 4.68 Å². The van der Waals surface area contributed by atoms with Crippen molar-refractivity contribution < 1.29 is 4.79 Å². The van der Waals surface area contributed by atoms with Crippen LogP contribution in [0.1, 0.15) is 24.1 Å². The topological polar surface area (TPSA) is 72.9 Å². The summed E-state index contributed by atoms with van der Waals surface area (Å²) >= 11 is 0. The van der Waals surface area contributed by atoms with Crippen molar-refractivity contribution in [2.45, 2.75) is 24.7 Å². The maximum atomic E-state index is 12.4. The number of amides is 1. The summed E-state index contributed by atoms with van der Waals surface area (Å²) in [5.74, 6) is 0.114. The molecule has 1 aliphatic carbocycles. The summed E-state index contributed by atoms with van der Waals surface area (Å²) in [4.78, 5) is 12.4. The lowest BCUT2D eigenvalue weighted by Gasteiger charge is -2.15. The van der Waals surface area contributed by atoms with Crippen LogP contribution < -0.4 is 11.1 Å². The Bertz CT molecular complexity index is 641. The number of rotatable bonds is 5. The third-order valence-corrected chi connectivity index (χ3v) is 4.08. The van der Waals surface area contributed by atoms with Crippen LogP contribution >= 0.6 is 0 Å². The summed E-state index contributed by atoms with van der Waals surface area (Å²) < 4.78 is 1.77. The number of aromatic nitrogens is 2. The van der Waals surface area contributed by atoms with Crippen LogP contribution in [0.4, 0.5) is 5.69 Å². The monoisotopic (exact) mass is 284 g/mol. The van der Waals surface area contributed by atoms with Crippen LogP contribution in [-0.4, -0.2) is 22.2 Å². The molecule has 3 rings (SSSR count). The Labute approximate surface area is 124 Å². The number of benzene rings is 1. The van der Waals surface area contributed by atoms with E-state index in [2.05, 4.69) is 10.4 Å². The summed E-state index contributed by atoms with van der Waals surface area (Å²) in [6, 6.07) is 9.60. The van der Waals surface area contributed by atoms with Crippen molar-refractivity contribution in [2.75, 3.05) is 12.3 Å². The number of nitrogens with one attached hydrogen (secondary N) is 1. The number of nitrogen functional groups attached to an aromatic ring is 1. The molecule has 21 heavy (non-hydrogen) atoms. The minimum absolute atomic E-state index is 0.114. The molecule has 1 aromatic carbocycles. The Kier molecular flexibility index (Phi) is 3.41. The van der Waals surface area contributed by atoms with Crippen molar-refractivity contribution >= 4 is 11.6 Å². The van der Waals surface area contributed by atoms with E-state index in [1.807, 2.05) is 43.6 Å². The predicted octanol–water partition coefficient (Wildman–Crippen LogP) is 1.39. The van der Waals surface area contributed by atoms with Gasteiger partial charge in [-0.05, 0) is 36.6 Å². The van der Waals surface area contributed by atoms with Crippen LogP contribution in [0, 0.1) is 0 Å². The summed E-state index contributed by atoms with van der Waals surface area (Å²) in [5.41, 5.74) is 8.15. The predicted molar refractivity (Wildman–Crippen MR) is 81.7 cm³/mol. The first kappa shape index (κ1) is 13.7. The zero-order valence-corrected chi connectivity index (χ0v) is 12.2. The molecule has 0 aliphatic heterocycles. The molecule has 5 nitrogen and oxygen atoms in total. The number of anilines is 1. The van der Waals surface area contributed by atoms with Gasteiger partial charge in [0.15, 0.2) is 0 Å². The van der Waals surface area contributed by atoms with Gasteiger partial charge in [-0.1, -0.05) is 12.1 Å². The van der Waals surface area contributed by atoms with E-state index < -0.39 is 0 Å². The fourth-order valence-corrected chi connectivity index (χ4v) is 2.64. The van der Waals surface area contributed by atoms with Gasteiger partial charge < -0.3 is 11.1 Å². The molecule has 5 heteroatoms. The van der Waals surface area contributed by atoms with Crippen molar-refractivity contribution in [3.05, 3.63) is 47.8 Å². The van der Waals surface area contributed by atoms with Crippen LogP contribution in [0.3, 0.4) is 0 Å². The molecule has 0 spiro atoms. The van der Waals surface area contributed by atoms with Gasteiger partial charge >= 0.3 is 0 Å². The molecule has 1 heterocycles. The maximum Gasteiger partial charge on any atom is 0.230 e. The van der Waals surface area contributed by atoms with Gasteiger partial charge in [-0.15, -0.1) is 0 Å². The second kappa shape index (κ2) is 5.24. The molecule has 2 aromatic rings. The van der Waals surface area contributed by atoms with E-state index in [1.165, 1.54) is 0 Å². The average Bonchev–Trinajstić information content (AvgIpc) is 3.18. The molecular formula is C16H20N4O. The minimum Gasteiger partial charge on any atom is -0.399 e. The van der Waals surface area contributed by atoms with E-state index in [0.717, 1.165) is 36.2 Å². The van der Waals surface area contributed by atoms with E-state index in [9.17, 15) is 4.79 Å². The second-order valence-electron chi connectivity index (χ2n) is 5.69. The van der Waals surface area contributed by atoms with E-state index in [0.29, 0.717) is 6.54 Å². The smallest absolute Gasteiger partial charge is 0.230 e. The largest absolute Gasteiger partial charge is 0.399 e. The van der Waals surface area contributed by atoms with Gasteiger partial charge in [0.05, 0.1) is 11.1 Å². The third kappa shape index (κ3) is 2.77. The lowest BCUT2D eigenvalue weighted by atomic mass is 9.94. The van der Waals surface area contributed by atoms with Crippen molar-refractivity contribution in [1.29, 1.82) is 0 Å². The molecule has 110 valence electrons. The maximum absolute atomic E-state index is 12.4. The molecule has 0 unspecified atom stereocenters. The Morgan fingerprint density at radius 3 is 2.62 bits per heavy atom. The normalized spacial score (nSPS) is 15.7. The van der Waals surface area contributed by atoms with Gasteiger partial charge in [0, 0.05) is 31.9 Å². The van der Waals surface area contributed by atoms with Gasteiger partial charge in [0.25, 0.3) is 0 Å². The molecule has 0 saturated heterocycles. The minimum atomic E-state index is -0.335. The fourth-order valence-electron chi connectivity index (χ4n) is 2.64. The highest BCUT2D eigenvalue weighted by Crippen LogP contribution is 2.48. The first-order valence-corrected chi connectivity index (χ1v) is 7.23. The van der Waals surface area contributed by atoms with E-state index in [-0.39, 0.29) is 11.3 Å². The lowest BCUT2D eigenvalue weighted by molar-refractivity contribution is -0.123. The van der Waals surface area contributed by atoms with Gasteiger partial charge in [-0.2, -0.15) is 5.10 Å². The molecule has 1 amide bonds. The molecule has 3 N–H and O–H groups in total. The highest BCUT2D eigenvalue weighted by molar-refractivity contribution is 5.91. The first-order valence-electron chi connectivity index (χ1n) is 7.23. The standard InChI is InChI=1S/C16H20N4O/c1-20-11-7-14(19-20)6-10-18-15(21)16(8-9-16)12-2-4-13(17)5-3-12/h2-5,7,11H,6,8-10,17H2,1H3,(H,18,21). The van der Waals surface area contributed by atoms with Crippen molar-refractivity contribution in [3.8, 4) is 0 Å². The number of hydrogen-bond acceptors (Lipinski definition) is 3. The Balaban J connectivity index is 1.59. The summed E-state index contributed by atoms with van der Waals surface area (Å²) in [6.45, 7) is 0.618. The van der Waals surface area contributed by atoms with Crippen molar-refractivity contribution in [1.82, 2.24) is 15.1 Å². The van der Waals surface area contributed by atoms with Gasteiger partial charge in [0.2, 0.25) is 5.91 Å². The molecule has 1 fully saturated rings. The zero-order valence-electron chi connectivity index (χ0n) is 12.2. The molecule has 0 radical (unpaired) electrons. The highest BCUT2D eigenvalue weighted by Gasteiger charge is 2.50. The summed E-state index contributed by atoms with van der Waals surface area (Å²) in [5, 5.41) is 7.34. The Hall–Kier alpha value is -2.30. The van der Waals surface area contributed by atoms with E-state index >= 15 is 0 Å². The summed E-state index contributed by atoms with van der Waals surface area (Å²) in [7, 11) is 1.89. The third-order valence-electron chi connectivity index (χ3n) is 4.08. The Morgan fingerprint density at radius 2 is 2.05 bits per heavy atom. The molecule has 1 saturated carbocycles. The lowest BCUT2D eigenvalue weighted by Crippen LogP contribution is -2.36. The molecular weight excluding hydrogens is 264 g/mol. The number of nitrogens with two attached hydrogens (primary N) is 1. The number of nitrogens with zero attached hydrogens (tertiary/aromatic N) is 2. The molecule has 0 bridgehead atoms. The number of hydrogen-bond donors (Lipinski definition) is 2. The second-order valence-corrected chi connectivity index (χ2v) is 5.69. The van der Waals surface area contributed by atoms with Crippen LogP contribution in [0.5, 0.6) is 0 Å². The van der Waals surface area contributed by atoms with Crippen LogP contribution in [-0.2, 0) is 23.7 Å². The number of carbonyl (C=O) groups excluding carboxylic acids is 1. The van der Waals surface area contributed by atoms with Crippen LogP contribution in [0.15, 0.2) is 36.5 Å². The Morgan fingerprint density at radius 1 is 1.33 bits per heavy atom. The van der Waals surface area contributed by atoms with Gasteiger partial charge in [0.1, 0.15) is 0 Å². The highest BCUT2D eigenvalue weighted by atomic mass is 16.2. The quantitative estimate of drug-likeness (QED) is 0.815. The van der Waals surface area contributed by atoms with Crippen LogP contribution in [0.25, 0.3) is 0 Å². The van der Waals surface area contributed by atoms with Gasteiger partial charge in [-0.25, -0.2) is 0 Å². The van der Waals surface area contributed by atoms with Crippen molar-refractivity contribution in [3.63, 3.8) is 0 Å². The first-order chi connectivity index (χ1) is 10.1. The number of aryl methyl sites for hydroxylation is 1. The van der Waals surface area contributed by atoms with E-state index in [4.69, 9.17) is 5.73 Å². The van der Waals surface area contributed by atoms with Crippen molar-refractivity contribution in [2.24, 2.45) is 7.05 Å². The average molecular weight is 284 g/mol. The fraction of sp³-hybridized carbons (Fsp3) is 0.375. The van der Waals surface area contributed by atoms with Gasteiger partial charge in [-0.3, -0.25) is 9.48 Å². The van der Waals surface area contributed by atoms with Crippen LogP contribution in [0.2, 0.25) is 0 Å². The molecule has 1 aromatic heterocycles. The molecule has 1 aliphatic rings.